The molecule has 0 radical (unpaired) electrons. The third-order valence-corrected chi connectivity index (χ3v) is 5.66. The van der Waals surface area contributed by atoms with Gasteiger partial charge in [0.1, 0.15) is 0 Å². The van der Waals surface area contributed by atoms with Crippen molar-refractivity contribution in [2.45, 2.75) is 83.3 Å². The van der Waals surface area contributed by atoms with E-state index in [-0.39, 0.29) is 24.0 Å². The zero-order valence-corrected chi connectivity index (χ0v) is 20.5. The van der Waals surface area contributed by atoms with Crippen LogP contribution in [0.3, 0.4) is 0 Å². The molecule has 0 aromatic carbocycles. The summed E-state index contributed by atoms with van der Waals surface area (Å²) in [6, 6.07) is 0.524. The third-order valence-electron chi connectivity index (χ3n) is 5.66. The van der Waals surface area contributed by atoms with Crippen molar-refractivity contribution in [1.29, 1.82) is 0 Å². The Balaban J connectivity index is 0.00000392. The van der Waals surface area contributed by atoms with Gasteiger partial charge in [-0.15, -0.1) is 24.0 Å². The van der Waals surface area contributed by atoms with E-state index in [1.807, 2.05) is 7.05 Å². The van der Waals surface area contributed by atoms with Crippen molar-refractivity contribution in [3.05, 3.63) is 12.2 Å². The van der Waals surface area contributed by atoms with Crippen LogP contribution in [0, 0.1) is 0 Å². The Labute approximate surface area is 190 Å². The average molecular weight is 507 g/mol. The van der Waals surface area contributed by atoms with Crippen LogP contribution in [-0.2, 0) is 4.74 Å². The maximum atomic E-state index is 6.07. The van der Waals surface area contributed by atoms with Gasteiger partial charge in [0.25, 0.3) is 0 Å². The van der Waals surface area contributed by atoms with E-state index in [1.54, 1.807) is 0 Å². The van der Waals surface area contributed by atoms with Gasteiger partial charge in [-0.05, 0) is 45.4 Å². The fourth-order valence-corrected chi connectivity index (χ4v) is 4.10. The highest BCUT2D eigenvalue weighted by molar-refractivity contribution is 14.0. The van der Waals surface area contributed by atoms with E-state index < -0.39 is 0 Å². The third kappa shape index (κ3) is 11.0. The summed E-state index contributed by atoms with van der Waals surface area (Å²) in [5, 5.41) is 7.05. The van der Waals surface area contributed by atoms with E-state index >= 15 is 0 Å². The number of piperidine rings is 1. The van der Waals surface area contributed by atoms with Crippen LogP contribution in [0.1, 0.15) is 71.1 Å². The minimum absolute atomic E-state index is 0. The van der Waals surface area contributed by atoms with Gasteiger partial charge in [-0.3, -0.25) is 9.89 Å². The number of halogens is 1. The van der Waals surface area contributed by atoms with E-state index in [0.717, 1.165) is 51.6 Å². The zero-order valence-electron chi connectivity index (χ0n) is 18.2. The summed E-state index contributed by atoms with van der Waals surface area (Å²) in [6.07, 6.45) is 13.1. The molecule has 1 aliphatic heterocycles. The number of hydrogen-bond acceptors (Lipinski definition) is 3. The maximum Gasteiger partial charge on any atom is 0.191 e. The molecular formula is C22H43IN4O. The van der Waals surface area contributed by atoms with E-state index in [0.29, 0.717) is 12.1 Å². The number of rotatable bonds is 9. The lowest BCUT2D eigenvalue weighted by Gasteiger charge is -2.33. The largest absolute Gasteiger partial charge is 0.378 e. The molecule has 2 fully saturated rings. The number of guanidine groups is 1. The van der Waals surface area contributed by atoms with Crippen molar-refractivity contribution in [3.8, 4) is 0 Å². The monoisotopic (exact) mass is 506 g/mol. The number of nitrogens with zero attached hydrogens (tertiary/aromatic N) is 2. The van der Waals surface area contributed by atoms with Crippen molar-refractivity contribution >= 4 is 29.9 Å². The Hall–Kier alpha value is -0.340. The zero-order chi connectivity index (χ0) is 19.3. The van der Waals surface area contributed by atoms with Gasteiger partial charge in [0.05, 0.1) is 6.10 Å². The Morgan fingerprint density at radius 3 is 2.36 bits per heavy atom. The Kier molecular flexibility index (Phi) is 14.2. The highest BCUT2D eigenvalue weighted by Crippen LogP contribution is 2.19. The van der Waals surface area contributed by atoms with Crippen molar-refractivity contribution in [2.24, 2.45) is 4.99 Å². The summed E-state index contributed by atoms with van der Waals surface area (Å²) in [6.45, 7) is 11.3. The molecule has 28 heavy (non-hydrogen) atoms. The molecule has 2 rings (SSSR count). The lowest BCUT2D eigenvalue weighted by molar-refractivity contribution is 0.0411. The first-order chi connectivity index (χ1) is 13.2. The summed E-state index contributed by atoms with van der Waals surface area (Å²) in [7, 11) is 1.86. The number of nitrogens with one attached hydrogen (secondary N) is 2. The number of ether oxygens (including phenoxy) is 1. The SMILES string of the molecule is C=C(C)CN1CCC(NC(=NC)NCCCCOC2CCCCCC2)CC1.I. The molecule has 1 saturated carbocycles. The molecule has 6 heteroatoms. The molecule has 2 aliphatic rings. The number of unbranched alkanes of at least 4 members (excludes halogenated alkanes) is 1. The highest BCUT2D eigenvalue weighted by atomic mass is 127. The lowest BCUT2D eigenvalue weighted by atomic mass is 10.0. The van der Waals surface area contributed by atoms with Crippen LogP contribution in [0.4, 0.5) is 0 Å². The summed E-state index contributed by atoms with van der Waals surface area (Å²) < 4.78 is 6.07. The van der Waals surface area contributed by atoms with Gasteiger partial charge in [-0.1, -0.05) is 37.8 Å². The van der Waals surface area contributed by atoms with Gasteiger partial charge >= 0.3 is 0 Å². The van der Waals surface area contributed by atoms with Crippen molar-refractivity contribution < 1.29 is 4.74 Å². The first-order valence-corrected chi connectivity index (χ1v) is 11.1. The second-order valence-corrected chi connectivity index (χ2v) is 8.34. The molecule has 0 spiro atoms. The predicted octanol–water partition coefficient (Wildman–Crippen LogP) is 4.33. The van der Waals surface area contributed by atoms with Crippen molar-refractivity contribution in [3.63, 3.8) is 0 Å². The Morgan fingerprint density at radius 2 is 1.75 bits per heavy atom. The van der Waals surface area contributed by atoms with E-state index in [9.17, 15) is 0 Å². The molecule has 0 aromatic rings. The molecule has 0 atom stereocenters. The standard InChI is InChI=1S/C22H42N4O.HI/c1-19(2)18-26-15-12-20(13-16-26)25-22(23-3)24-14-8-9-17-27-21-10-6-4-5-7-11-21;/h20-21H,1,4-18H2,2-3H3,(H2,23,24,25);1H. The van der Waals surface area contributed by atoms with Gasteiger partial charge in [0.15, 0.2) is 5.96 Å². The second-order valence-electron chi connectivity index (χ2n) is 8.34. The number of likely N-dealkylation sites (tertiary alicyclic amines) is 1. The minimum atomic E-state index is 0. The molecule has 0 unspecified atom stereocenters. The fraction of sp³-hybridized carbons (Fsp3) is 0.864. The topological polar surface area (TPSA) is 48.9 Å². The Bertz CT molecular complexity index is 442. The molecule has 2 N–H and O–H groups in total. The second kappa shape index (κ2) is 15.5. The van der Waals surface area contributed by atoms with Crippen LogP contribution >= 0.6 is 24.0 Å². The van der Waals surface area contributed by atoms with E-state index in [4.69, 9.17) is 4.74 Å². The van der Waals surface area contributed by atoms with Gasteiger partial charge in [0.2, 0.25) is 0 Å². The van der Waals surface area contributed by atoms with E-state index in [1.165, 1.54) is 56.9 Å². The highest BCUT2D eigenvalue weighted by Gasteiger charge is 2.19. The van der Waals surface area contributed by atoms with Gasteiger partial charge < -0.3 is 15.4 Å². The molecule has 5 nitrogen and oxygen atoms in total. The van der Waals surface area contributed by atoms with E-state index in [2.05, 4.69) is 34.0 Å². The molecule has 164 valence electrons. The van der Waals surface area contributed by atoms with Crippen LogP contribution in [0.2, 0.25) is 0 Å². The fourth-order valence-electron chi connectivity index (χ4n) is 4.10. The molecule has 0 amide bonds. The van der Waals surface area contributed by atoms with Gasteiger partial charge in [-0.25, -0.2) is 0 Å². The minimum Gasteiger partial charge on any atom is -0.378 e. The Morgan fingerprint density at radius 1 is 1.07 bits per heavy atom. The summed E-state index contributed by atoms with van der Waals surface area (Å²) in [4.78, 5) is 6.88. The quantitative estimate of drug-likeness (QED) is 0.122. The summed E-state index contributed by atoms with van der Waals surface area (Å²) in [5.41, 5.74) is 1.25. The first kappa shape index (κ1) is 25.7. The molecule has 0 aromatic heterocycles. The molecule has 1 saturated heterocycles. The predicted molar refractivity (Wildman–Crippen MR) is 131 cm³/mol. The lowest BCUT2D eigenvalue weighted by Crippen LogP contribution is -2.49. The molecule has 1 heterocycles. The smallest absolute Gasteiger partial charge is 0.191 e. The number of hydrogen-bond donors (Lipinski definition) is 2. The van der Waals surface area contributed by atoms with Gasteiger partial charge in [0, 0.05) is 45.9 Å². The maximum absolute atomic E-state index is 6.07. The molecule has 1 aliphatic carbocycles. The summed E-state index contributed by atoms with van der Waals surface area (Å²) >= 11 is 0. The van der Waals surface area contributed by atoms with Crippen molar-refractivity contribution in [2.75, 3.05) is 39.8 Å². The van der Waals surface area contributed by atoms with Crippen LogP contribution in [-0.4, -0.2) is 62.8 Å². The normalized spacial score (nSPS) is 20.3. The van der Waals surface area contributed by atoms with Crippen LogP contribution in [0.5, 0.6) is 0 Å². The molecule has 0 bridgehead atoms. The van der Waals surface area contributed by atoms with Gasteiger partial charge in [-0.2, -0.15) is 0 Å². The average Bonchev–Trinajstić information content (AvgIpc) is 2.93. The number of aliphatic imine (C=N–C) groups is 1. The van der Waals surface area contributed by atoms with Crippen molar-refractivity contribution in [1.82, 2.24) is 15.5 Å². The molecular weight excluding hydrogens is 463 g/mol. The van der Waals surface area contributed by atoms with Crippen LogP contribution in [0.15, 0.2) is 17.1 Å². The van der Waals surface area contributed by atoms with Crippen LogP contribution < -0.4 is 10.6 Å². The first-order valence-electron chi connectivity index (χ1n) is 11.1. The van der Waals surface area contributed by atoms with Crippen LogP contribution in [0.25, 0.3) is 0 Å². The summed E-state index contributed by atoms with van der Waals surface area (Å²) in [5.74, 6) is 0.943.